The molecule has 0 amide bonds. The molecule has 5 rings (SSSR count). The Bertz CT molecular complexity index is 1390. The number of carbonyl (C=O) groups is 1. The molecule has 1 N–H and O–H groups in total. The number of aliphatic hydroxyl groups excluding tert-OH is 1. The Morgan fingerprint density at radius 1 is 1.07 bits per heavy atom. The van der Waals surface area contributed by atoms with Crippen LogP contribution >= 0.6 is 0 Å². The number of aryl methyl sites for hydroxylation is 1. The van der Waals surface area contributed by atoms with Gasteiger partial charge in [-0.05, 0) is 42.9 Å². The van der Waals surface area contributed by atoms with Gasteiger partial charge in [0.1, 0.15) is 11.7 Å². The van der Waals surface area contributed by atoms with Gasteiger partial charge in [0.2, 0.25) is 10.0 Å². The maximum Gasteiger partial charge on any atom is 0.306 e. The number of hydrogen-bond donors (Lipinski definition) is 1. The minimum atomic E-state index is -3.49. The van der Waals surface area contributed by atoms with E-state index in [1.54, 1.807) is 6.26 Å². The molecule has 0 saturated carbocycles. The van der Waals surface area contributed by atoms with Gasteiger partial charge < -0.3 is 23.7 Å². The smallest absolute Gasteiger partial charge is 0.306 e. The summed E-state index contributed by atoms with van der Waals surface area (Å²) < 4.78 is 47.7. The van der Waals surface area contributed by atoms with Gasteiger partial charge in [-0.25, -0.2) is 8.42 Å². The first-order valence-corrected chi connectivity index (χ1v) is 16.4. The number of sulfonamides is 1. The Labute approximate surface area is 248 Å². The van der Waals surface area contributed by atoms with Gasteiger partial charge in [0.15, 0.2) is 6.29 Å². The Morgan fingerprint density at radius 2 is 1.79 bits per heavy atom. The van der Waals surface area contributed by atoms with E-state index >= 15 is 0 Å². The highest BCUT2D eigenvalue weighted by molar-refractivity contribution is 7.88. The molecule has 3 aromatic rings. The number of furan rings is 1. The van der Waals surface area contributed by atoms with Crippen molar-refractivity contribution in [1.29, 1.82) is 0 Å². The van der Waals surface area contributed by atoms with Crippen molar-refractivity contribution in [2.45, 2.75) is 58.5 Å². The average molecular weight is 602 g/mol. The minimum absolute atomic E-state index is 0.00984. The van der Waals surface area contributed by atoms with Crippen molar-refractivity contribution < 1.29 is 36.9 Å². The molecule has 0 bridgehead atoms. The monoisotopic (exact) mass is 601 g/mol. The molecule has 1 aromatic heterocycles. The van der Waals surface area contributed by atoms with E-state index in [1.807, 2.05) is 69.3 Å². The Hall–Kier alpha value is -2.76. The van der Waals surface area contributed by atoms with E-state index in [-0.39, 0.29) is 37.2 Å². The Balaban J connectivity index is 0.000000337. The topological polar surface area (TPSA) is 116 Å². The summed E-state index contributed by atoms with van der Waals surface area (Å²) in [6.07, 6.45) is 2.47. The van der Waals surface area contributed by atoms with Crippen LogP contribution in [0, 0.1) is 24.7 Å². The summed E-state index contributed by atoms with van der Waals surface area (Å²) in [5, 5.41) is 12.2. The number of hydrogen-bond acceptors (Lipinski definition) is 8. The third-order valence-electron chi connectivity index (χ3n) is 7.68. The van der Waals surface area contributed by atoms with Crippen LogP contribution in [0.25, 0.3) is 11.0 Å². The van der Waals surface area contributed by atoms with Crippen molar-refractivity contribution in [2.24, 2.45) is 17.8 Å². The van der Waals surface area contributed by atoms with Crippen LogP contribution in [0.15, 0.2) is 65.3 Å². The second kappa shape index (κ2) is 14.6. The van der Waals surface area contributed by atoms with Gasteiger partial charge in [-0.3, -0.25) is 4.79 Å². The minimum Gasteiger partial charge on any atom is -0.464 e. The van der Waals surface area contributed by atoms with Gasteiger partial charge in [-0.2, -0.15) is 4.31 Å². The first-order chi connectivity index (χ1) is 20.0. The molecule has 9 nitrogen and oxygen atoms in total. The van der Waals surface area contributed by atoms with Gasteiger partial charge in [0, 0.05) is 24.4 Å². The molecule has 42 heavy (non-hydrogen) atoms. The van der Waals surface area contributed by atoms with Crippen LogP contribution in [0.2, 0.25) is 0 Å². The molecule has 0 spiro atoms. The van der Waals surface area contributed by atoms with Crippen LogP contribution in [-0.2, 0) is 35.4 Å². The number of esters is 1. The SMILES string of the molecule is CC(C)CN(C[C@@H](O)[C@@H](CC(=O)OC1COC2OCCC12)Cc1ccccc1)S(C)(=O)=O.Cc1coc2ccccc12. The zero-order valence-corrected chi connectivity index (χ0v) is 25.7. The number of benzene rings is 2. The lowest BCUT2D eigenvalue weighted by Gasteiger charge is -2.29. The maximum absolute atomic E-state index is 12.8. The average Bonchev–Trinajstić information content (AvgIpc) is 3.66. The molecule has 3 heterocycles. The van der Waals surface area contributed by atoms with E-state index in [0.29, 0.717) is 26.2 Å². The molecule has 2 saturated heterocycles. The van der Waals surface area contributed by atoms with Gasteiger partial charge in [0.25, 0.3) is 0 Å². The van der Waals surface area contributed by atoms with Crippen molar-refractivity contribution in [1.82, 2.24) is 4.31 Å². The predicted molar refractivity (Wildman–Crippen MR) is 160 cm³/mol. The summed E-state index contributed by atoms with van der Waals surface area (Å²) in [7, 11) is -3.49. The molecule has 2 aromatic carbocycles. The fraction of sp³-hybridized carbons (Fsp3) is 0.531. The van der Waals surface area contributed by atoms with Gasteiger partial charge in [-0.15, -0.1) is 0 Å². The molecular weight excluding hydrogens is 558 g/mol. The third kappa shape index (κ3) is 8.87. The highest BCUT2D eigenvalue weighted by atomic mass is 32.2. The first-order valence-electron chi connectivity index (χ1n) is 14.5. The first kappa shape index (κ1) is 32.2. The molecule has 2 aliphatic rings. The Kier molecular flexibility index (Phi) is 11.2. The molecule has 3 unspecified atom stereocenters. The van der Waals surface area contributed by atoms with Crippen molar-refractivity contribution in [2.75, 3.05) is 32.6 Å². The number of nitrogens with zero attached hydrogens (tertiary/aromatic N) is 1. The lowest BCUT2D eigenvalue weighted by Crippen LogP contribution is -2.42. The number of aliphatic hydroxyl groups is 1. The van der Waals surface area contributed by atoms with E-state index in [2.05, 4.69) is 6.07 Å². The number of fused-ring (bicyclic) bond motifs is 2. The van der Waals surface area contributed by atoms with Crippen LogP contribution in [0.5, 0.6) is 0 Å². The van der Waals surface area contributed by atoms with Crippen LogP contribution in [-0.4, -0.2) is 74.9 Å². The summed E-state index contributed by atoms with van der Waals surface area (Å²) in [4.78, 5) is 12.8. The zero-order chi connectivity index (χ0) is 30.3. The number of para-hydroxylation sites is 1. The molecule has 2 aliphatic heterocycles. The summed E-state index contributed by atoms with van der Waals surface area (Å²) in [5.41, 5.74) is 3.14. The second-order valence-electron chi connectivity index (χ2n) is 11.7. The van der Waals surface area contributed by atoms with Crippen LogP contribution in [0.3, 0.4) is 0 Å². The van der Waals surface area contributed by atoms with Crippen LogP contribution in [0.4, 0.5) is 0 Å². The molecule has 2 fully saturated rings. The quantitative estimate of drug-likeness (QED) is 0.318. The summed E-state index contributed by atoms with van der Waals surface area (Å²) in [6.45, 7) is 7.04. The maximum atomic E-state index is 12.8. The van der Waals surface area contributed by atoms with E-state index in [0.717, 1.165) is 23.8 Å². The highest BCUT2D eigenvalue weighted by Gasteiger charge is 2.44. The van der Waals surface area contributed by atoms with Crippen LogP contribution in [0.1, 0.15) is 37.8 Å². The predicted octanol–water partition coefficient (Wildman–Crippen LogP) is 4.56. The number of carbonyl (C=O) groups excluding carboxylic acids is 1. The van der Waals surface area contributed by atoms with Crippen LogP contribution < -0.4 is 0 Å². The molecule has 5 atom stereocenters. The molecule has 230 valence electrons. The summed E-state index contributed by atoms with van der Waals surface area (Å²) in [5.74, 6) is -0.748. The fourth-order valence-corrected chi connectivity index (χ4v) is 6.45. The largest absolute Gasteiger partial charge is 0.464 e. The lowest BCUT2D eigenvalue weighted by atomic mass is 9.90. The fourth-order valence-electron chi connectivity index (χ4n) is 5.46. The second-order valence-corrected chi connectivity index (χ2v) is 13.6. The highest BCUT2D eigenvalue weighted by Crippen LogP contribution is 2.33. The Morgan fingerprint density at radius 3 is 2.48 bits per heavy atom. The van der Waals surface area contributed by atoms with Gasteiger partial charge in [-0.1, -0.05) is 62.4 Å². The third-order valence-corrected chi connectivity index (χ3v) is 8.92. The van der Waals surface area contributed by atoms with Crippen molar-refractivity contribution in [3.05, 3.63) is 72.0 Å². The van der Waals surface area contributed by atoms with Crippen molar-refractivity contribution in [3.8, 4) is 0 Å². The van der Waals surface area contributed by atoms with Gasteiger partial charge >= 0.3 is 5.97 Å². The van der Waals surface area contributed by atoms with Gasteiger partial charge in [0.05, 0.1) is 44.2 Å². The van der Waals surface area contributed by atoms with E-state index in [9.17, 15) is 18.3 Å². The summed E-state index contributed by atoms with van der Waals surface area (Å²) in [6, 6.07) is 17.6. The lowest BCUT2D eigenvalue weighted by molar-refractivity contribution is -0.153. The molecule has 0 radical (unpaired) electrons. The zero-order valence-electron chi connectivity index (χ0n) is 24.8. The van der Waals surface area contributed by atoms with E-state index < -0.39 is 28.0 Å². The number of ether oxygens (including phenoxy) is 3. The summed E-state index contributed by atoms with van der Waals surface area (Å²) >= 11 is 0. The van der Waals surface area contributed by atoms with Crippen molar-refractivity contribution >= 4 is 27.0 Å². The van der Waals surface area contributed by atoms with E-state index in [4.69, 9.17) is 18.6 Å². The number of rotatable bonds is 11. The van der Waals surface area contributed by atoms with E-state index in [1.165, 1.54) is 15.3 Å². The molecule has 10 heteroatoms. The molecule has 0 aliphatic carbocycles. The normalized spacial score (nSPS) is 21.6. The van der Waals surface area contributed by atoms with Crippen molar-refractivity contribution in [3.63, 3.8) is 0 Å². The standard InChI is InChI=1S/C23H35NO7S.C9H8O/c1-16(2)13-24(32(3,27)28)14-20(25)18(11-17-7-5-4-6-8-17)12-22(26)31-21-15-30-23-19(21)9-10-29-23;1-7-6-10-9-5-3-2-4-8(7)9/h4-8,16,18-21,23,25H,9-15H2,1-3H3;2-6H,1H3/t18-,19?,20-,21?,23?;/m1./s1. The molecular formula is C32H43NO8S.